The van der Waals surface area contributed by atoms with E-state index in [0.29, 0.717) is 29.4 Å². The van der Waals surface area contributed by atoms with Crippen molar-refractivity contribution >= 4 is 17.6 Å². The summed E-state index contributed by atoms with van der Waals surface area (Å²) in [6.45, 7) is 11.7. The van der Waals surface area contributed by atoms with Gasteiger partial charge in [0.15, 0.2) is 0 Å². The molecule has 1 unspecified atom stereocenters. The van der Waals surface area contributed by atoms with Crippen LogP contribution in [0.15, 0.2) is 47.0 Å². The normalized spacial score (nSPS) is 11.9. The summed E-state index contributed by atoms with van der Waals surface area (Å²) >= 11 is 0. The number of allylic oxidation sites excluding steroid dienone is 1. The Bertz CT molecular complexity index is 1160. The minimum Gasteiger partial charge on any atom is -0.383 e. The van der Waals surface area contributed by atoms with Crippen LogP contribution in [0.5, 0.6) is 0 Å². The lowest BCUT2D eigenvalue weighted by Gasteiger charge is -2.11. The number of nitriles is 1. The van der Waals surface area contributed by atoms with Crippen LogP contribution in [-0.2, 0) is 11.2 Å². The van der Waals surface area contributed by atoms with Gasteiger partial charge >= 0.3 is 0 Å². The average Bonchev–Trinajstić information content (AvgIpc) is 3.36. The fourth-order valence-electron chi connectivity index (χ4n) is 3.30. The number of nitrogens with zero attached hydrogens (tertiary/aromatic N) is 4. The quantitative estimate of drug-likeness (QED) is 0.492. The number of carbonyl (C=O) groups is 1. The number of rotatable bonds is 8. The van der Waals surface area contributed by atoms with E-state index >= 15 is 0 Å². The highest BCUT2D eigenvalue weighted by molar-refractivity contribution is 5.94. The van der Waals surface area contributed by atoms with Crippen molar-refractivity contribution in [2.75, 3.05) is 11.1 Å². The fourth-order valence-corrected chi connectivity index (χ4v) is 3.30. The number of hydrogen-bond donors (Lipinski definition) is 2. The third kappa shape index (κ3) is 4.72. The van der Waals surface area contributed by atoms with Gasteiger partial charge in [-0.25, -0.2) is 4.68 Å². The number of hydrogen-bond acceptors (Lipinski definition) is 6. The van der Waals surface area contributed by atoms with Gasteiger partial charge in [0, 0.05) is 24.1 Å². The van der Waals surface area contributed by atoms with Gasteiger partial charge in [-0.3, -0.25) is 10.1 Å². The number of nitrogens with one attached hydrogen (secondary N) is 1. The van der Waals surface area contributed by atoms with Gasteiger partial charge in [0.05, 0.1) is 11.6 Å². The van der Waals surface area contributed by atoms with Crippen molar-refractivity contribution in [3.63, 3.8) is 0 Å². The highest BCUT2D eigenvalue weighted by atomic mass is 16.5. The van der Waals surface area contributed by atoms with Crippen molar-refractivity contribution in [1.29, 1.82) is 5.26 Å². The molecule has 166 valence electrons. The van der Waals surface area contributed by atoms with Crippen LogP contribution in [-0.4, -0.2) is 20.8 Å². The molecule has 3 N–H and O–H groups in total. The van der Waals surface area contributed by atoms with Gasteiger partial charge in [-0.05, 0) is 32.8 Å². The first-order chi connectivity index (χ1) is 15.2. The molecule has 0 radical (unpaired) electrons. The molecule has 0 aliphatic heterocycles. The molecule has 1 amide bonds. The van der Waals surface area contributed by atoms with Gasteiger partial charge < -0.3 is 10.3 Å². The molecule has 0 aliphatic carbocycles. The number of nitrogens with two attached hydrogens (primary N) is 1. The third-order valence-electron chi connectivity index (χ3n) is 5.36. The van der Waals surface area contributed by atoms with Crippen LogP contribution in [0.1, 0.15) is 62.9 Å². The highest BCUT2D eigenvalue weighted by Crippen LogP contribution is 2.30. The number of aromatic nitrogens is 3. The lowest BCUT2D eigenvalue weighted by Crippen LogP contribution is -2.18. The molecule has 2 heterocycles. The minimum atomic E-state index is -0.420. The maximum absolute atomic E-state index is 12.7. The molecule has 1 aromatic carbocycles. The van der Waals surface area contributed by atoms with Gasteiger partial charge in [-0.1, -0.05) is 48.5 Å². The van der Waals surface area contributed by atoms with Crippen LogP contribution < -0.4 is 11.1 Å². The first kappa shape index (κ1) is 22.8. The smallest absolute Gasteiger partial charge is 0.234 e. The van der Waals surface area contributed by atoms with Crippen molar-refractivity contribution in [2.45, 2.75) is 52.5 Å². The summed E-state index contributed by atoms with van der Waals surface area (Å²) in [6.07, 6.45) is 1.48. The molecule has 2 aromatic heterocycles. The Hall–Kier alpha value is -3.86. The van der Waals surface area contributed by atoms with E-state index < -0.39 is 5.92 Å². The number of benzene rings is 1. The molecule has 0 spiro atoms. The second-order valence-corrected chi connectivity index (χ2v) is 8.05. The molecular weight excluding hydrogens is 404 g/mol. The Morgan fingerprint density at radius 3 is 2.59 bits per heavy atom. The van der Waals surface area contributed by atoms with Crippen LogP contribution in [0.2, 0.25) is 0 Å². The van der Waals surface area contributed by atoms with Crippen molar-refractivity contribution < 1.29 is 9.32 Å². The van der Waals surface area contributed by atoms with E-state index in [9.17, 15) is 10.1 Å². The van der Waals surface area contributed by atoms with Crippen molar-refractivity contribution in [3.05, 3.63) is 59.3 Å². The number of amides is 1. The van der Waals surface area contributed by atoms with E-state index in [1.807, 2.05) is 52.0 Å². The number of anilines is 2. The predicted molar refractivity (Wildman–Crippen MR) is 124 cm³/mol. The van der Waals surface area contributed by atoms with E-state index in [4.69, 9.17) is 10.3 Å². The average molecular weight is 433 g/mol. The second kappa shape index (κ2) is 9.52. The molecular formula is C24H28N6O2. The van der Waals surface area contributed by atoms with E-state index in [1.165, 1.54) is 0 Å². The lowest BCUT2D eigenvalue weighted by molar-refractivity contribution is -0.117. The van der Waals surface area contributed by atoms with Crippen molar-refractivity contribution in [2.24, 2.45) is 0 Å². The SMILES string of the molecule is C=C(CC)Cc1cc(NC(=O)C(C)c2ccc(-c3nn(C(C)C)c(N)c3C#N)cc2)on1. The van der Waals surface area contributed by atoms with Crippen molar-refractivity contribution in [1.82, 2.24) is 14.9 Å². The zero-order valence-corrected chi connectivity index (χ0v) is 18.8. The summed E-state index contributed by atoms with van der Waals surface area (Å²) < 4.78 is 6.86. The summed E-state index contributed by atoms with van der Waals surface area (Å²) in [5.74, 6) is 0.0340. The first-order valence-corrected chi connectivity index (χ1v) is 10.6. The fraction of sp³-hybridized carbons (Fsp3) is 0.333. The van der Waals surface area contributed by atoms with Crippen LogP contribution in [0, 0.1) is 11.3 Å². The van der Waals surface area contributed by atoms with E-state index in [2.05, 4.69) is 28.2 Å². The summed E-state index contributed by atoms with van der Waals surface area (Å²) in [5, 5.41) is 20.8. The summed E-state index contributed by atoms with van der Waals surface area (Å²) in [4.78, 5) is 12.7. The minimum absolute atomic E-state index is 0.0375. The van der Waals surface area contributed by atoms with Gasteiger partial charge in [0.1, 0.15) is 23.1 Å². The Balaban J connectivity index is 1.74. The number of carbonyl (C=O) groups excluding carboxylic acids is 1. The van der Waals surface area contributed by atoms with E-state index in [1.54, 1.807) is 10.7 Å². The van der Waals surface area contributed by atoms with Crippen LogP contribution in [0.25, 0.3) is 11.3 Å². The lowest BCUT2D eigenvalue weighted by atomic mass is 9.97. The topological polar surface area (TPSA) is 123 Å². The second-order valence-electron chi connectivity index (χ2n) is 8.05. The summed E-state index contributed by atoms with van der Waals surface area (Å²) in [7, 11) is 0. The number of nitrogen functional groups attached to an aromatic ring is 1. The standard InChI is InChI=1S/C24H28N6O2/c1-6-15(4)11-19-12-21(32-29-19)27-24(31)16(5)17-7-9-18(10-8-17)22-20(13-25)23(26)30(28-22)14(2)3/h7-10,12,14,16H,4,6,11,26H2,1-3,5H3,(H,27,31). The largest absolute Gasteiger partial charge is 0.383 e. The Morgan fingerprint density at radius 1 is 1.31 bits per heavy atom. The van der Waals surface area contributed by atoms with Crippen molar-refractivity contribution in [3.8, 4) is 17.3 Å². The van der Waals surface area contributed by atoms with Crippen LogP contribution >= 0.6 is 0 Å². The molecule has 0 fully saturated rings. The zero-order valence-electron chi connectivity index (χ0n) is 18.8. The Kier molecular flexibility index (Phi) is 6.79. The van der Waals surface area contributed by atoms with Crippen LogP contribution in [0.3, 0.4) is 0 Å². The molecule has 0 saturated carbocycles. The van der Waals surface area contributed by atoms with E-state index in [-0.39, 0.29) is 11.9 Å². The first-order valence-electron chi connectivity index (χ1n) is 10.6. The van der Waals surface area contributed by atoms with Crippen LogP contribution in [0.4, 0.5) is 11.7 Å². The maximum Gasteiger partial charge on any atom is 0.234 e. The Morgan fingerprint density at radius 2 is 2.00 bits per heavy atom. The molecule has 1 atom stereocenters. The molecule has 8 nitrogen and oxygen atoms in total. The van der Waals surface area contributed by atoms with Gasteiger partial charge in [-0.2, -0.15) is 10.4 Å². The molecule has 0 bridgehead atoms. The molecule has 8 heteroatoms. The van der Waals surface area contributed by atoms with Gasteiger partial charge in [0.2, 0.25) is 11.8 Å². The zero-order chi connectivity index (χ0) is 23.4. The molecule has 32 heavy (non-hydrogen) atoms. The Labute approximate surface area is 187 Å². The maximum atomic E-state index is 12.7. The predicted octanol–water partition coefficient (Wildman–Crippen LogP) is 4.82. The highest BCUT2D eigenvalue weighted by Gasteiger charge is 2.21. The van der Waals surface area contributed by atoms with Gasteiger partial charge in [-0.15, -0.1) is 0 Å². The van der Waals surface area contributed by atoms with E-state index in [0.717, 1.165) is 28.8 Å². The summed E-state index contributed by atoms with van der Waals surface area (Å²) in [5.41, 5.74) is 10.3. The third-order valence-corrected chi connectivity index (χ3v) is 5.36. The molecule has 0 aliphatic rings. The van der Waals surface area contributed by atoms with Gasteiger partial charge in [0.25, 0.3) is 0 Å². The summed E-state index contributed by atoms with van der Waals surface area (Å²) in [6, 6.07) is 11.3. The monoisotopic (exact) mass is 432 g/mol. The molecule has 3 rings (SSSR count). The molecule has 0 saturated heterocycles. The molecule has 3 aromatic rings.